The lowest BCUT2D eigenvalue weighted by Crippen LogP contribution is -2.18. The van der Waals surface area contributed by atoms with Crippen LogP contribution in [0.5, 0.6) is 5.75 Å². The molecule has 7 nitrogen and oxygen atoms in total. The molecule has 0 atom stereocenters. The lowest BCUT2D eigenvalue weighted by Gasteiger charge is -2.08. The number of nitrogens with zero attached hydrogens (tertiary/aromatic N) is 1. The molecule has 2 N–H and O–H groups in total. The lowest BCUT2D eigenvalue weighted by atomic mass is 10.1. The highest BCUT2D eigenvalue weighted by atomic mass is 79.9. The molecule has 0 aliphatic carbocycles. The van der Waals surface area contributed by atoms with Crippen molar-refractivity contribution in [1.29, 1.82) is 0 Å². The summed E-state index contributed by atoms with van der Waals surface area (Å²) in [6, 6.07) is 26.1. The number of aryl methyl sites for hydroxylation is 1. The number of amides is 2. The summed E-state index contributed by atoms with van der Waals surface area (Å²) in [5.74, 6) is -1.01. The summed E-state index contributed by atoms with van der Waals surface area (Å²) in [6.07, 6.45) is 1.39. The Hall–Kier alpha value is -4.31. The summed E-state index contributed by atoms with van der Waals surface area (Å²) in [4.78, 5) is 38.4. The standard InChI is InChI=1S/C31H21BrClN3O4S/c1-18-6-8-20(9-7-18)31(39)40-25-15-12-22(32)16-21(25)17-34-36-29(37)19-10-13-23(14-11-19)35-30(38)28-27(33)24-4-2-3-5-26(24)41-28/h2-17H,1H3,(H,35,38)(H,36,37)/b34-17-. The van der Waals surface area contributed by atoms with E-state index in [4.69, 9.17) is 16.3 Å². The molecular formula is C31H21BrClN3O4S. The van der Waals surface area contributed by atoms with Gasteiger partial charge in [-0.2, -0.15) is 5.10 Å². The molecule has 0 saturated carbocycles. The van der Waals surface area contributed by atoms with Crippen LogP contribution in [-0.4, -0.2) is 24.0 Å². The van der Waals surface area contributed by atoms with Crippen molar-refractivity contribution in [3.05, 3.63) is 128 Å². The van der Waals surface area contributed by atoms with Crippen LogP contribution in [0.2, 0.25) is 5.02 Å². The van der Waals surface area contributed by atoms with Crippen LogP contribution in [0.4, 0.5) is 5.69 Å². The topological polar surface area (TPSA) is 96.9 Å². The molecule has 1 heterocycles. The Bertz CT molecular complexity index is 1800. The van der Waals surface area contributed by atoms with Crippen molar-refractivity contribution in [3.8, 4) is 5.75 Å². The average Bonchev–Trinajstić information content (AvgIpc) is 3.31. The summed E-state index contributed by atoms with van der Waals surface area (Å²) < 4.78 is 7.24. The second-order valence-corrected chi connectivity index (χ2v) is 11.3. The van der Waals surface area contributed by atoms with Crippen molar-refractivity contribution in [1.82, 2.24) is 5.43 Å². The molecule has 0 spiro atoms. The Kier molecular flexibility index (Phi) is 8.58. The zero-order valence-electron chi connectivity index (χ0n) is 21.5. The number of anilines is 1. The molecule has 5 aromatic rings. The van der Waals surface area contributed by atoms with Crippen LogP contribution >= 0.6 is 38.9 Å². The molecule has 0 fully saturated rings. The van der Waals surface area contributed by atoms with Crippen LogP contribution in [0, 0.1) is 6.92 Å². The molecule has 10 heteroatoms. The zero-order valence-corrected chi connectivity index (χ0v) is 24.6. The molecule has 0 radical (unpaired) electrons. The average molecular weight is 647 g/mol. The maximum absolute atomic E-state index is 12.8. The number of halogens is 2. The van der Waals surface area contributed by atoms with Gasteiger partial charge in [0.15, 0.2) is 0 Å². The van der Waals surface area contributed by atoms with Crippen LogP contribution in [0.25, 0.3) is 10.1 Å². The minimum Gasteiger partial charge on any atom is -0.422 e. The lowest BCUT2D eigenvalue weighted by molar-refractivity contribution is 0.0733. The first kappa shape index (κ1) is 28.2. The molecule has 0 saturated heterocycles. The van der Waals surface area contributed by atoms with Gasteiger partial charge in [0.2, 0.25) is 0 Å². The fourth-order valence-electron chi connectivity index (χ4n) is 3.84. The van der Waals surface area contributed by atoms with E-state index in [1.165, 1.54) is 17.6 Å². The Morgan fingerprint density at radius 3 is 2.34 bits per heavy atom. The third-order valence-corrected chi connectivity index (χ3v) is 8.15. The third-order valence-electron chi connectivity index (χ3n) is 5.98. The van der Waals surface area contributed by atoms with Gasteiger partial charge in [-0.15, -0.1) is 11.3 Å². The summed E-state index contributed by atoms with van der Waals surface area (Å²) >= 11 is 11.1. The Morgan fingerprint density at radius 1 is 0.902 bits per heavy atom. The van der Waals surface area contributed by atoms with Crippen LogP contribution in [0.3, 0.4) is 0 Å². The third kappa shape index (κ3) is 6.71. The van der Waals surface area contributed by atoms with E-state index in [1.54, 1.807) is 54.6 Å². The number of nitrogens with one attached hydrogen (secondary N) is 2. The van der Waals surface area contributed by atoms with E-state index < -0.39 is 11.9 Å². The number of carbonyl (C=O) groups excluding carboxylic acids is 3. The summed E-state index contributed by atoms with van der Waals surface area (Å²) in [7, 11) is 0. The molecule has 0 unspecified atom stereocenters. The first-order valence-electron chi connectivity index (χ1n) is 12.3. The number of rotatable bonds is 7. The van der Waals surface area contributed by atoms with Crippen molar-refractivity contribution >= 4 is 78.6 Å². The minimum atomic E-state index is -0.507. The minimum absolute atomic E-state index is 0.288. The van der Waals surface area contributed by atoms with Gasteiger partial charge < -0.3 is 10.1 Å². The molecule has 1 aromatic heterocycles. The van der Waals surface area contributed by atoms with Crippen molar-refractivity contribution in [2.75, 3.05) is 5.32 Å². The van der Waals surface area contributed by atoms with Gasteiger partial charge in [0.1, 0.15) is 10.6 Å². The molecule has 41 heavy (non-hydrogen) atoms. The number of hydrogen-bond donors (Lipinski definition) is 2. The highest BCUT2D eigenvalue weighted by Crippen LogP contribution is 2.35. The SMILES string of the molecule is Cc1ccc(C(=O)Oc2ccc(Br)cc2/C=N\NC(=O)c2ccc(NC(=O)c3sc4ccccc4c3Cl)cc2)cc1. The fourth-order valence-corrected chi connectivity index (χ4v) is 5.63. The van der Waals surface area contributed by atoms with Gasteiger partial charge in [0.05, 0.1) is 16.8 Å². The van der Waals surface area contributed by atoms with Gasteiger partial charge in [-0.25, -0.2) is 10.2 Å². The van der Waals surface area contributed by atoms with Crippen LogP contribution in [0.15, 0.2) is 101 Å². The molecule has 0 aliphatic rings. The van der Waals surface area contributed by atoms with Gasteiger partial charge in [-0.3, -0.25) is 9.59 Å². The number of ether oxygens (including phenoxy) is 1. The number of benzene rings is 4. The summed E-state index contributed by atoms with van der Waals surface area (Å²) in [5, 5.41) is 8.09. The molecule has 2 amide bonds. The summed E-state index contributed by atoms with van der Waals surface area (Å²) in [6.45, 7) is 1.93. The molecule has 5 rings (SSSR count). The Labute approximate surface area is 252 Å². The molecular weight excluding hydrogens is 626 g/mol. The number of hydrogen-bond acceptors (Lipinski definition) is 6. The number of fused-ring (bicyclic) bond motifs is 1. The maximum Gasteiger partial charge on any atom is 0.343 e. The van der Waals surface area contributed by atoms with E-state index in [9.17, 15) is 14.4 Å². The van der Waals surface area contributed by atoms with E-state index in [2.05, 4.69) is 31.8 Å². The highest BCUT2D eigenvalue weighted by molar-refractivity contribution is 9.10. The van der Waals surface area contributed by atoms with Gasteiger partial charge in [-0.1, -0.05) is 63.4 Å². The monoisotopic (exact) mass is 645 g/mol. The number of thiophene rings is 1. The molecule has 0 bridgehead atoms. The van der Waals surface area contributed by atoms with Crippen molar-refractivity contribution in [2.24, 2.45) is 5.10 Å². The number of hydrazone groups is 1. The van der Waals surface area contributed by atoms with Gasteiger partial charge in [0, 0.05) is 31.4 Å². The second kappa shape index (κ2) is 12.5. The van der Waals surface area contributed by atoms with Gasteiger partial charge in [-0.05, 0) is 67.6 Å². The Balaban J connectivity index is 1.22. The summed E-state index contributed by atoms with van der Waals surface area (Å²) in [5.41, 5.74) is 5.25. The van der Waals surface area contributed by atoms with Gasteiger partial charge >= 0.3 is 5.97 Å². The van der Waals surface area contributed by atoms with Gasteiger partial charge in [0.25, 0.3) is 11.8 Å². The predicted octanol–water partition coefficient (Wildman–Crippen LogP) is 7.86. The second-order valence-electron chi connectivity index (χ2n) is 8.91. The smallest absolute Gasteiger partial charge is 0.343 e. The highest BCUT2D eigenvalue weighted by Gasteiger charge is 2.17. The Morgan fingerprint density at radius 2 is 1.61 bits per heavy atom. The molecule has 4 aromatic carbocycles. The predicted molar refractivity (Wildman–Crippen MR) is 167 cm³/mol. The fraction of sp³-hybridized carbons (Fsp3) is 0.0323. The van der Waals surface area contributed by atoms with Crippen LogP contribution in [0.1, 0.15) is 41.5 Å². The number of carbonyl (C=O) groups is 3. The van der Waals surface area contributed by atoms with Crippen molar-refractivity contribution in [2.45, 2.75) is 6.92 Å². The van der Waals surface area contributed by atoms with Crippen LogP contribution in [-0.2, 0) is 0 Å². The zero-order chi connectivity index (χ0) is 28.9. The van der Waals surface area contributed by atoms with E-state index >= 15 is 0 Å². The molecule has 204 valence electrons. The van der Waals surface area contributed by atoms with Crippen LogP contribution < -0.4 is 15.5 Å². The van der Waals surface area contributed by atoms with E-state index in [-0.39, 0.29) is 11.7 Å². The number of esters is 1. The van der Waals surface area contributed by atoms with E-state index in [1.807, 2.05) is 43.3 Å². The normalized spacial score (nSPS) is 11.0. The largest absolute Gasteiger partial charge is 0.422 e. The van der Waals surface area contributed by atoms with E-state index in [0.29, 0.717) is 32.3 Å². The van der Waals surface area contributed by atoms with Crippen molar-refractivity contribution in [3.63, 3.8) is 0 Å². The first-order valence-corrected chi connectivity index (χ1v) is 14.3. The first-order chi connectivity index (χ1) is 19.8. The quantitative estimate of drug-likeness (QED) is 0.0814. The van der Waals surface area contributed by atoms with E-state index in [0.717, 1.165) is 20.1 Å². The van der Waals surface area contributed by atoms with Crippen molar-refractivity contribution < 1.29 is 19.1 Å². The maximum atomic E-state index is 12.8. The molecule has 0 aliphatic heterocycles.